The zero-order chi connectivity index (χ0) is 13.4. The number of fused-ring (bicyclic) bond motifs is 1. The maximum atomic E-state index is 11.3. The average molecular weight is 321 g/mol. The van der Waals surface area contributed by atoms with Crippen LogP contribution in [0.25, 0.3) is 10.9 Å². The van der Waals surface area contributed by atoms with Crippen molar-refractivity contribution in [2.24, 2.45) is 0 Å². The molecule has 2 aromatic rings. The monoisotopic (exact) mass is 320 g/mol. The summed E-state index contributed by atoms with van der Waals surface area (Å²) in [6.07, 6.45) is 3.35. The van der Waals surface area contributed by atoms with Gasteiger partial charge >= 0.3 is 5.97 Å². The predicted molar refractivity (Wildman–Crippen MR) is 77.4 cm³/mol. The summed E-state index contributed by atoms with van der Waals surface area (Å²) in [5.74, 6) is -0.752. The summed E-state index contributed by atoms with van der Waals surface area (Å²) < 4.78 is 0.929. The van der Waals surface area contributed by atoms with Crippen LogP contribution in [0.15, 0.2) is 34.9 Å². The van der Waals surface area contributed by atoms with Crippen molar-refractivity contribution in [2.75, 3.05) is 11.4 Å². The van der Waals surface area contributed by atoms with Crippen LogP contribution in [0.1, 0.15) is 12.8 Å². The van der Waals surface area contributed by atoms with Crippen molar-refractivity contribution in [3.63, 3.8) is 0 Å². The van der Waals surface area contributed by atoms with E-state index in [9.17, 15) is 9.90 Å². The fourth-order valence-corrected chi connectivity index (χ4v) is 3.16. The smallest absolute Gasteiger partial charge is 0.326 e. The number of carboxylic acid groups (broad SMARTS) is 1. The minimum Gasteiger partial charge on any atom is -0.480 e. The Morgan fingerprint density at radius 2 is 2.26 bits per heavy atom. The fourth-order valence-electron chi connectivity index (χ4n) is 2.69. The molecule has 98 valence electrons. The molecule has 0 spiro atoms. The molecule has 0 amide bonds. The van der Waals surface area contributed by atoms with E-state index >= 15 is 0 Å². The molecule has 1 atom stereocenters. The van der Waals surface area contributed by atoms with Gasteiger partial charge < -0.3 is 10.0 Å². The molecule has 1 aromatic heterocycles. The molecule has 1 N–H and O–H groups in total. The number of pyridine rings is 1. The molecule has 1 aromatic carbocycles. The molecule has 3 rings (SSSR count). The molecule has 4 nitrogen and oxygen atoms in total. The molecule has 2 heterocycles. The van der Waals surface area contributed by atoms with Crippen molar-refractivity contribution in [3.8, 4) is 0 Å². The molecule has 19 heavy (non-hydrogen) atoms. The lowest BCUT2D eigenvalue weighted by molar-refractivity contribution is -0.138. The molecule has 0 bridgehead atoms. The third kappa shape index (κ3) is 2.08. The van der Waals surface area contributed by atoms with Gasteiger partial charge in [-0.25, -0.2) is 4.79 Å². The number of carboxylic acids is 1. The molecule has 1 aliphatic heterocycles. The van der Waals surface area contributed by atoms with Crippen molar-refractivity contribution in [3.05, 3.63) is 34.9 Å². The van der Waals surface area contributed by atoms with Crippen molar-refractivity contribution in [2.45, 2.75) is 18.9 Å². The van der Waals surface area contributed by atoms with Crippen LogP contribution in [0.3, 0.4) is 0 Å². The van der Waals surface area contributed by atoms with E-state index in [-0.39, 0.29) is 0 Å². The Balaban J connectivity index is 2.15. The van der Waals surface area contributed by atoms with Gasteiger partial charge in [0.15, 0.2) is 0 Å². The Morgan fingerprint density at radius 3 is 3.05 bits per heavy atom. The van der Waals surface area contributed by atoms with Gasteiger partial charge in [-0.1, -0.05) is 12.1 Å². The van der Waals surface area contributed by atoms with Crippen LogP contribution in [-0.4, -0.2) is 28.6 Å². The molecular formula is C14H13BrN2O2. The van der Waals surface area contributed by atoms with Gasteiger partial charge in [0.2, 0.25) is 0 Å². The number of hydrogen-bond acceptors (Lipinski definition) is 3. The highest BCUT2D eigenvalue weighted by Gasteiger charge is 2.31. The van der Waals surface area contributed by atoms with Gasteiger partial charge in [0.05, 0.1) is 5.52 Å². The lowest BCUT2D eigenvalue weighted by Crippen LogP contribution is -2.36. The Labute approximate surface area is 119 Å². The van der Waals surface area contributed by atoms with E-state index in [1.54, 1.807) is 6.20 Å². The molecule has 1 fully saturated rings. The number of aromatic nitrogens is 1. The second-order valence-electron chi connectivity index (χ2n) is 4.66. The normalized spacial score (nSPS) is 19.0. The van der Waals surface area contributed by atoms with E-state index in [2.05, 4.69) is 20.9 Å². The molecule has 1 saturated heterocycles. The highest BCUT2D eigenvalue weighted by molar-refractivity contribution is 9.10. The first-order chi connectivity index (χ1) is 9.18. The summed E-state index contributed by atoms with van der Waals surface area (Å²) in [6, 6.07) is 7.35. The standard InChI is InChI=1S/C14H13BrN2O2/c15-10-4-1-3-9-11(6-7-16-13(9)10)17-8-2-5-12(17)14(18)19/h1,3-4,6-7,12H,2,5,8H2,(H,18,19)/t12-/m1/s1. The summed E-state index contributed by atoms with van der Waals surface area (Å²) in [5.41, 5.74) is 1.83. The highest BCUT2D eigenvalue weighted by Crippen LogP contribution is 2.33. The second kappa shape index (κ2) is 4.81. The van der Waals surface area contributed by atoms with Gasteiger partial charge in [-0.15, -0.1) is 0 Å². The molecule has 0 radical (unpaired) electrons. The minimum atomic E-state index is -0.752. The van der Waals surface area contributed by atoms with E-state index in [1.807, 2.05) is 29.2 Å². The van der Waals surface area contributed by atoms with E-state index < -0.39 is 12.0 Å². The lowest BCUT2D eigenvalue weighted by Gasteiger charge is -2.25. The van der Waals surface area contributed by atoms with Crippen LogP contribution in [-0.2, 0) is 4.79 Å². The minimum absolute atomic E-state index is 0.426. The number of aliphatic carboxylic acids is 1. The van der Waals surface area contributed by atoms with Gasteiger partial charge in [-0.3, -0.25) is 4.98 Å². The van der Waals surface area contributed by atoms with Crippen LogP contribution < -0.4 is 4.90 Å². The predicted octanol–water partition coefficient (Wildman–Crippen LogP) is 3.05. The Bertz CT molecular complexity index is 644. The van der Waals surface area contributed by atoms with Crippen LogP contribution >= 0.6 is 15.9 Å². The summed E-state index contributed by atoms with van der Waals surface area (Å²) in [4.78, 5) is 17.7. The Hall–Kier alpha value is -1.62. The fraction of sp³-hybridized carbons (Fsp3) is 0.286. The number of nitrogens with zero attached hydrogens (tertiary/aromatic N) is 2. The molecule has 1 aliphatic rings. The first-order valence-corrected chi connectivity index (χ1v) is 7.00. The highest BCUT2D eigenvalue weighted by atomic mass is 79.9. The van der Waals surface area contributed by atoms with E-state index in [0.29, 0.717) is 6.42 Å². The molecule has 0 saturated carbocycles. The molecule has 0 aliphatic carbocycles. The summed E-state index contributed by atoms with van der Waals surface area (Å²) in [7, 11) is 0. The number of para-hydroxylation sites is 1. The largest absolute Gasteiger partial charge is 0.480 e. The van der Waals surface area contributed by atoms with E-state index in [4.69, 9.17) is 0 Å². The topological polar surface area (TPSA) is 53.4 Å². The van der Waals surface area contributed by atoms with Crippen molar-refractivity contribution in [1.82, 2.24) is 4.98 Å². The number of halogens is 1. The van der Waals surface area contributed by atoms with Gasteiger partial charge in [0, 0.05) is 28.3 Å². The zero-order valence-electron chi connectivity index (χ0n) is 10.2. The second-order valence-corrected chi connectivity index (χ2v) is 5.51. The maximum absolute atomic E-state index is 11.3. The maximum Gasteiger partial charge on any atom is 0.326 e. The third-order valence-corrected chi connectivity index (χ3v) is 4.19. The van der Waals surface area contributed by atoms with Crippen molar-refractivity contribution < 1.29 is 9.90 Å². The summed E-state index contributed by atoms with van der Waals surface area (Å²) in [5, 5.41) is 10.3. The molecular weight excluding hydrogens is 308 g/mol. The summed E-state index contributed by atoms with van der Waals surface area (Å²) in [6.45, 7) is 0.780. The van der Waals surface area contributed by atoms with Gasteiger partial charge in [0.1, 0.15) is 6.04 Å². The van der Waals surface area contributed by atoms with Gasteiger partial charge in [-0.2, -0.15) is 0 Å². The van der Waals surface area contributed by atoms with Crippen LogP contribution in [0.5, 0.6) is 0 Å². The van der Waals surface area contributed by atoms with Crippen LogP contribution in [0.4, 0.5) is 5.69 Å². The lowest BCUT2D eigenvalue weighted by atomic mass is 10.1. The first-order valence-electron chi connectivity index (χ1n) is 6.21. The Kier molecular flexibility index (Phi) is 3.14. The Morgan fingerprint density at radius 1 is 1.42 bits per heavy atom. The third-order valence-electron chi connectivity index (χ3n) is 3.55. The molecule has 5 heteroatoms. The molecule has 0 unspecified atom stereocenters. The first kappa shape index (κ1) is 12.4. The number of rotatable bonds is 2. The van der Waals surface area contributed by atoms with Crippen LogP contribution in [0.2, 0.25) is 0 Å². The van der Waals surface area contributed by atoms with Gasteiger partial charge in [0.25, 0.3) is 0 Å². The van der Waals surface area contributed by atoms with Gasteiger partial charge in [-0.05, 0) is 40.9 Å². The van der Waals surface area contributed by atoms with Crippen molar-refractivity contribution >= 4 is 38.5 Å². The number of anilines is 1. The van der Waals surface area contributed by atoms with Crippen molar-refractivity contribution in [1.29, 1.82) is 0 Å². The number of carbonyl (C=O) groups is 1. The summed E-state index contributed by atoms with van der Waals surface area (Å²) >= 11 is 3.49. The van der Waals surface area contributed by atoms with E-state index in [1.165, 1.54) is 0 Å². The number of hydrogen-bond donors (Lipinski definition) is 1. The van der Waals surface area contributed by atoms with Crippen LogP contribution in [0, 0.1) is 0 Å². The van der Waals surface area contributed by atoms with E-state index in [0.717, 1.165) is 34.0 Å². The number of benzene rings is 1. The zero-order valence-corrected chi connectivity index (χ0v) is 11.8. The average Bonchev–Trinajstić information content (AvgIpc) is 2.88. The SMILES string of the molecule is O=C(O)[C@H]1CCCN1c1ccnc2c(Br)cccc12. The quantitative estimate of drug-likeness (QED) is 0.924.